The van der Waals surface area contributed by atoms with Gasteiger partial charge < -0.3 is 14.5 Å². The van der Waals surface area contributed by atoms with E-state index in [0.29, 0.717) is 13.0 Å². The standard InChI is InChI=1S/C21H29O5P/c1-18-8-10-19(11-9-18)20-12-14-21(15-13-20)25-16-6-4-2-3-5-7-17-26-27(22,23)24/h8-15H,2-7,16-17H2,1H3,(H2,22,23,24). The van der Waals surface area contributed by atoms with Crippen molar-refractivity contribution in [2.75, 3.05) is 13.2 Å². The van der Waals surface area contributed by atoms with Crippen LogP contribution >= 0.6 is 7.82 Å². The summed E-state index contributed by atoms with van der Waals surface area (Å²) in [6.07, 6.45) is 5.80. The molecule has 0 spiro atoms. The number of ether oxygens (including phenoxy) is 1. The normalized spacial score (nSPS) is 11.5. The van der Waals surface area contributed by atoms with Gasteiger partial charge in [-0.1, -0.05) is 67.6 Å². The number of benzene rings is 2. The third-order valence-electron chi connectivity index (χ3n) is 4.31. The van der Waals surface area contributed by atoms with E-state index in [4.69, 9.17) is 14.5 Å². The van der Waals surface area contributed by atoms with Crippen LogP contribution in [0.5, 0.6) is 5.75 Å². The monoisotopic (exact) mass is 392 g/mol. The molecular formula is C21H29O5P. The molecule has 2 aromatic rings. The molecule has 0 heterocycles. The Labute approximate surface area is 161 Å². The van der Waals surface area contributed by atoms with Crippen LogP contribution < -0.4 is 4.74 Å². The summed E-state index contributed by atoms with van der Waals surface area (Å²) in [5, 5.41) is 0. The molecule has 0 fully saturated rings. The number of hydrogen-bond acceptors (Lipinski definition) is 3. The second-order valence-corrected chi connectivity index (χ2v) is 7.92. The quantitative estimate of drug-likeness (QED) is 0.369. The topological polar surface area (TPSA) is 76.0 Å². The van der Waals surface area contributed by atoms with Crippen molar-refractivity contribution in [1.29, 1.82) is 0 Å². The Balaban J connectivity index is 1.54. The average Bonchev–Trinajstić information content (AvgIpc) is 2.63. The van der Waals surface area contributed by atoms with Gasteiger partial charge in [-0.25, -0.2) is 4.57 Å². The summed E-state index contributed by atoms with van der Waals surface area (Å²) in [4.78, 5) is 17.1. The zero-order valence-electron chi connectivity index (χ0n) is 15.8. The summed E-state index contributed by atoms with van der Waals surface area (Å²) >= 11 is 0. The number of unbranched alkanes of at least 4 members (excludes halogenated alkanes) is 5. The molecule has 27 heavy (non-hydrogen) atoms. The maximum absolute atomic E-state index is 10.5. The van der Waals surface area contributed by atoms with Crippen molar-refractivity contribution < 1.29 is 23.6 Å². The summed E-state index contributed by atoms with van der Waals surface area (Å²) in [5.74, 6) is 0.889. The van der Waals surface area contributed by atoms with Crippen LogP contribution in [-0.2, 0) is 9.09 Å². The van der Waals surface area contributed by atoms with E-state index in [0.717, 1.165) is 37.9 Å². The molecule has 2 aromatic carbocycles. The van der Waals surface area contributed by atoms with E-state index in [1.807, 2.05) is 12.1 Å². The van der Waals surface area contributed by atoms with Crippen molar-refractivity contribution in [1.82, 2.24) is 0 Å². The predicted molar refractivity (Wildman–Crippen MR) is 108 cm³/mol. The third-order valence-corrected chi connectivity index (χ3v) is 4.83. The second kappa shape index (κ2) is 11.3. The fourth-order valence-corrected chi connectivity index (χ4v) is 3.14. The Kier molecular flexibility index (Phi) is 9.02. The molecule has 0 atom stereocenters. The molecule has 0 amide bonds. The number of aryl methyl sites for hydroxylation is 1. The Morgan fingerprint density at radius 3 is 1.78 bits per heavy atom. The number of hydrogen-bond donors (Lipinski definition) is 2. The van der Waals surface area contributed by atoms with E-state index < -0.39 is 7.82 Å². The molecule has 0 radical (unpaired) electrons. The van der Waals surface area contributed by atoms with Crippen LogP contribution in [-0.4, -0.2) is 23.0 Å². The lowest BCUT2D eigenvalue weighted by Gasteiger charge is -2.08. The van der Waals surface area contributed by atoms with Crippen LogP contribution in [0.3, 0.4) is 0 Å². The van der Waals surface area contributed by atoms with Crippen LogP contribution in [0.25, 0.3) is 11.1 Å². The second-order valence-electron chi connectivity index (χ2n) is 6.68. The van der Waals surface area contributed by atoms with E-state index in [2.05, 4.69) is 47.8 Å². The van der Waals surface area contributed by atoms with E-state index in [1.54, 1.807) is 0 Å². The first-order valence-corrected chi connectivity index (χ1v) is 11.0. The Morgan fingerprint density at radius 2 is 1.22 bits per heavy atom. The minimum absolute atomic E-state index is 0.117. The van der Waals surface area contributed by atoms with Gasteiger partial charge in [0, 0.05) is 0 Å². The lowest BCUT2D eigenvalue weighted by atomic mass is 10.0. The van der Waals surface area contributed by atoms with Gasteiger partial charge in [-0.3, -0.25) is 4.52 Å². The van der Waals surface area contributed by atoms with Gasteiger partial charge in [0.2, 0.25) is 0 Å². The number of rotatable bonds is 12. The number of phosphoric ester groups is 1. The van der Waals surface area contributed by atoms with Crippen molar-refractivity contribution in [3.63, 3.8) is 0 Å². The molecule has 0 aliphatic carbocycles. The molecule has 5 nitrogen and oxygen atoms in total. The van der Waals surface area contributed by atoms with Crippen LogP contribution in [0.15, 0.2) is 48.5 Å². The Hall–Kier alpha value is -1.65. The maximum atomic E-state index is 10.5. The maximum Gasteiger partial charge on any atom is 0.469 e. The fraction of sp³-hybridized carbons (Fsp3) is 0.429. The molecule has 0 bridgehead atoms. The van der Waals surface area contributed by atoms with Gasteiger partial charge in [0.15, 0.2) is 0 Å². The highest BCUT2D eigenvalue weighted by Gasteiger charge is 2.12. The number of phosphoric acid groups is 1. The average molecular weight is 392 g/mol. The smallest absolute Gasteiger partial charge is 0.469 e. The highest BCUT2D eigenvalue weighted by atomic mass is 31.2. The molecule has 0 aliphatic rings. The van der Waals surface area contributed by atoms with E-state index in [9.17, 15) is 4.57 Å². The van der Waals surface area contributed by atoms with Crippen LogP contribution in [0, 0.1) is 6.92 Å². The summed E-state index contributed by atoms with van der Waals surface area (Å²) in [6.45, 7) is 2.90. The first-order chi connectivity index (χ1) is 12.9. The SMILES string of the molecule is Cc1ccc(-c2ccc(OCCCCCCCCOP(=O)(O)O)cc2)cc1. The summed E-state index contributed by atoms with van der Waals surface area (Å²) < 4.78 is 20.7. The molecule has 0 unspecified atom stereocenters. The van der Waals surface area contributed by atoms with Crippen LogP contribution in [0.1, 0.15) is 44.1 Å². The van der Waals surface area contributed by atoms with E-state index >= 15 is 0 Å². The van der Waals surface area contributed by atoms with Gasteiger partial charge in [0.25, 0.3) is 0 Å². The minimum atomic E-state index is -4.30. The molecule has 0 saturated carbocycles. The van der Waals surface area contributed by atoms with Gasteiger partial charge >= 0.3 is 7.82 Å². The first kappa shape index (κ1) is 21.6. The van der Waals surface area contributed by atoms with Gasteiger partial charge in [-0.2, -0.15) is 0 Å². The Bertz CT molecular complexity index is 706. The molecule has 6 heteroatoms. The summed E-state index contributed by atoms with van der Waals surface area (Å²) in [5.41, 5.74) is 3.65. The highest BCUT2D eigenvalue weighted by molar-refractivity contribution is 7.46. The highest BCUT2D eigenvalue weighted by Crippen LogP contribution is 2.35. The molecule has 0 aromatic heterocycles. The van der Waals surface area contributed by atoms with Gasteiger partial charge in [0.1, 0.15) is 5.75 Å². The summed E-state index contributed by atoms with van der Waals surface area (Å²) in [7, 11) is -4.30. The molecule has 2 N–H and O–H groups in total. The van der Waals surface area contributed by atoms with Gasteiger partial charge in [-0.15, -0.1) is 0 Å². The van der Waals surface area contributed by atoms with Crippen molar-refractivity contribution in [2.24, 2.45) is 0 Å². The zero-order valence-corrected chi connectivity index (χ0v) is 16.7. The molecule has 148 valence electrons. The third kappa shape index (κ3) is 9.21. The zero-order chi connectivity index (χ0) is 19.5. The van der Waals surface area contributed by atoms with E-state index in [-0.39, 0.29) is 6.61 Å². The largest absolute Gasteiger partial charge is 0.494 e. The molecular weight excluding hydrogens is 363 g/mol. The molecule has 2 rings (SSSR count). The summed E-state index contributed by atoms with van der Waals surface area (Å²) in [6, 6.07) is 16.7. The fourth-order valence-electron chi connectivity index (χ4n) is 2.77. The van der Waals surface area contributed by atoms with Crippen molar-refractivity contribution in [3.8, 4) is 16.9 Å². The minimum Gasteiger partial charge on any atom is -0.494 e. The predicted octanol–water partition coefficient (Wildman–Crippen LogP) is 5.49. The molecule has 0 aliphatic heterocycles. The lowest BCUT2D eigenvalue weighted by Crippen LogP contribution is -1.97. The van der Waals surface area contributed by atoms with Gasteiger partial charge in [0.05, 0.1) is 13.2 Å². The Morgan fingerprint density at radius 1 is 0.741 bits per heavy atom. The van der Waals surface area contributed by atoms with E-state index in [1.165, 1.54) is 16.7 Å². The van der Waals surface area contributed by atoms with Crippen molar-refractivity contribution in [3.05, 3.63) is 54.1 Å². The van der Waals surface area contributed by atoms with Crippen molar-refractivity contribution in [2.45, 2.75) is 45.4 Å². The van der Waals surface area contributed by atoms with Crippen LogP contribution in [0.2, 0.25) is 0 Å². The first-order valence-electron chi connectivity index (χ1n) is 9.44. The van der Waals surface area contributed by atoms with Crippen molar-refractivity contribution >= 4 is 7.82 Å². The molecule has 0 saturated heterocycles. The van der Waals surface area contributed by atoms with Crippen LogP contribution in [0.4, 0.5) is 0 Å². The lowest BCUT2D eigenvalue weighted by molar-refractivity contribution is 0.193. The van der Waals surface area contributed by atoms with Gasteiger partial charge in [-0.05, 0) is 43.0 Å².